The molecule has 8 nitrogen and oxygen atoms in total. The van der Waals surface area contributed by atoms with E-state index in [-0.39, 0.29) is 17.7 Å². The number of hydrogen-bond donors (Lipinski definition) is 1. The topological polar surface area (TPSA) is 89.3 Å². The molecule has 2 aliphatic rings. The summed E-state index contributed by atoms with van der Waals surface area (Å²) >= 11 is 0. The number of ether oxygens (including phenoxy) is 1. The molecule has 1 aliphatic carbocycles. The zero-order chi connectivity index (χ0) is 24.9. The second-order valence-corrected chi connectivity index (χ2v) is 9.99. The first-order chi connectivity index (χ1) is 17.6. The molecular weight excluding hydrogens is 454 g/mol. The van der Waals surface area contributed by atoms with Crippen molar-refractivity contribution >= 4 is 28.5 Å². The summed E-state index contributed by atoms with van der Waals surface area (Å²) in [6.07, 6.45) is 12.5. The van der Waals surface area contributed by atoms with Crippen molar-refractivity contribution in [2.45, 2.75) is 57.4 Å². The Kier molecular flexibility index (Phi) is 7.60. The number of hydrogen-bond acceptors (Lipinski definition) is 5. The second kappa shape index (κ2) is 11.2. The van der Waals surface area contributed by atoms with E-state index in [4.69, 9.17) is 4.74 Å². The van der Waals surface area contributed by atoms with Gasteiger partial charge in [0.25, 0.3) is 5.91 Å². The molecule has 1 N–H and O–H groups in total. The molecule has 0 unspecified atom stereocenters. The van der Waals surface area contributed by atoms with E-state index in [0.29, 0.717) is 48.9 Å². The molecule has 3 heterocycles. The minimum absolute atomic E-state index is 0.0129. The number of nitrogens with zero attached hydrogens (tertiary/aromatic N) is 4. The fourth-order valence-electron chi connectivity index (χ4n) is 5.63. The van der Waals surface area contributed by atoms with Crippen molar-refractivity contribution < 1.29 is 14.3 Å². The number of aromatic nitrogens is 3. The number of nitrogens with one attached hydrogen (secondary N) is 1. The van der Waals surface area contributed by atoms with Crippen LogP contribution in [0.25, 0.3) is 11.0 Å². The molecule has 1 saturated carbocycles. The third-order valence-corrected chi connectivity index (χ3v) is 7.68. The largest absolute Gasteiger partial charge is 0.383 e. The van der Waals surface area contributed by atoms with E-state index in [1.165, 1.54) is 12.0 Å². The van der Waals surface area contributed by atoms with Crippen LogP contribution in [0.5, 0.6) is 0 Å². The number of pyridine rings is 1. The van der Waals surface area contributed by atoms with Crippen molar-refractivity contribution in [1.29, 1.82) is 0 Å². The van der Waals surface area contributed by atoms with Crippen molar-refractivity contribution in [3.05, 3.63) is 54.1 Å². The molecule has 3 aromatic rings. The number of rotatable bonds is 7. The van der Waals surface area contributed by atoms with E-state index in [1.807, 2.05) is 34.0 Å². The maximum atomic E-state index is 13.9. The van der Waals surface area contributed by atoms with Crippen molar-refractivity contribution in [2.75, 3.05) is 32.1 Å². The quantitative estimate of drug-likeness (QED) is 0.523. The predicted octanol–water partition coefficient (Wildman–Crippen LogP) is 4.62. The summed E-state index contributed by atoms with van der Waals surface area (Å²) < 4.78 is 7.25. The van der Waals surface area contributed by atoms with Gasteiger partial charge in [-0.25, -0.2) is 4.98 Å². The van der Waals surface area contributed by atoms with Crippen LogP contribution in [0.1, 0.15) is 66.8 Å². The summed E-state index contributed by atoms with van der Waals surface area (Å²) in [4.78, 5) is 37.4. The second-order valence-electron chi connectivity index (χ2n) is 9.99. The number of piperidine rings is 1. The van der Waals surface area contributed by atoms with Gasteiger partial charge in [0.05, 0.1) is 29.5 Å². The molecule has 190 valence electrons. The fraction of sp³-hybridized carbons (Fsp3) is 0.500. The van der Waals surface area contributed by atoms with Crippen molar-refractivity contribution in [2.24, 2.45) is 5.92 Å². The number of fused-ring (bicyclic) bond motifs is 1. The highest BCUT2D eigenvalue weighted by Gasteiger charge is 2.28. The van der Waals surface area contributed by atoms with Crippen molar-refractivity contribution in [3.63, 3.8) is 0 Å². The highest BCUT2D eigenvalue weighted by molar-refractivity contribution is 6.07. The van der Waals surface area contributed by atoms with Gasteiger partial charge in [-0.15, -0.1) is 0 Å². The highest BCUT2D eigenvalue weighted by atomic mass is 16.5. The monoisotopic (exact) mass is 489 g/mol. The standard InChI is InChI=1S/C28H35N5O3/c1-36-16-15-33-19-30-25-18-23(31-27(34)22-5-3-2-4-6-22)17-24(26(25)33)28(35)32-13-9-21(10-14-32)20-7-11-29-12-8-20/h7-8,11-12,17-19,21-22H,2-6,9-10,13-16H2,1H3,(H,31,34). The Morgan fingerprint density at radius 2 is 1.81 bits per heavy atom. The van der Waals surface area contributed by atoms with Gasteiger partial charge in [0, 0.05) is 50.7 Å². The first kappa shape index (κ1) is 24.4. The van der Waals surface area contributed by atoms with Gasteiger partial charge in [-0.1, -0.05) is 19.3 Å². The summed E-state index contributed by atoms with van der Waals surface area (Å²) in [7, 11) is 1.66. The third-order valence-electron chi connectivity index (χ3n) is 7.68. The lowest BCUT2D eigenvalue weighted by Crippen LogP contribution is -2.38. The number of carbonyl (C=O) groups excluding carboxylic acids is 2. The number of likely N-dealkylation sites (tertiary alicyclic amines) is 1. The van der Waals surface area contributed by atoms with E-state index < -0.39 is 0 Å². The molecule has 36 heavy (non-hydrogen) atoms. The molecular formula is C28H35N5O3. The predicted molar refractivity (Wildman–Crippen MR) is 139 cm³/mol. The van der Waals surface area contributed by atoms with Crippen LogP contribution in [0.2, 0.25) is 0 Å². The Morgan fingerprint density at radius 3 is 2.53 bits per heavy atom. The maximum Gasteiger partial charge on any atom is 0.256 e. The van der Waals surface area contributed by atoms with Gasteiger partial charge in [0.2, 0.25) is 5.91 Å². The van der Waals surface area contributed by atoms with Crippen LogP contribution in [-0.4, -0.2) is 58.1 Å². The van der Waals surface area contributed by atoms with Gasteiger partial charge in [-0.2, -0.15) is 0 Å². The summed E-state index contributed by atoms with van der Waals surface area (Å²) in [6, 6.07) is 7.86. The smallest absolute Gasteiger partial charge is 0.256 e. The van der Waals surface area contributed by atoms with Crippen LogP contribution in [0.3, 0.4) is 0 Å². The summed E-state index contributed by atoms with van der Waals surface area (Å²) in [5.41, 5.74) is 4.02. The van der Waals surface area contributed by atoms with Crippen LogP contribution >= 0.6 is 0 Å². The normalized spacial score (nSPS) is 17.4. The lowest BCUT2D eigenvalue weighted by molar-refractivity contribution is -0.120. The molecule has 2 amide bonds. The molecule has 0 atom stereocenters. The number of carbonyl (C=O) groups is 2. The SMILES string of the molecule is COCCn1cnc2cc(NC(=O)C3CCCCC3)cc(C(=O)N3CCC(c4ccncc4)CC3)c21. The third kappa shape index (κ3) is 5.28. The first-order valence-corrected chi connectivity index (χ1v) is 13.1. The molecule has 2 aromatic heterocycles. The van der Waals surface area contributed by atoms with Crippen LogP contribution in [0.4, 0.5) is 5.69 Å². The van der Waals surface area contributed by atoms with E-state index >= 15 is 0 Å². The minimum Gasteiger partial charge on any atom is -0.383 e. The van der Waals surface area contributed by atoms with E-state index in [9.17, 15) is 9.59 Å². The Balaban J connectivity index is 1.39. The van der Waals surface area contributed by atoms with E-state index in [0.717, 1.165) is 44.0 Å². The minimum atomic E-state index is -0.0129. The molecule has 1 aromatic carbocycles. The molecule has 0 radical (unpaired) electrons. The van der Waals surface area contributed by atoms with Crippen molar-refractivity contribution in [1.82, 2.24) is 19.4 Å². The molecule has 1 saturated heterocycles. The molecule has 1 aliphatic heterocycles. The van der Waals surface area contributed by atoms with Crippen LogP contribution in [-0.2, 0) is 16.1 Å². The van der Waals surface area contributed by atoms with E-state index in [2.05, 4.69) is 27.4 Å². The Morgan fingerprint density at radius 1 is 1.06 bits per heavy atom. The maximum absolute atomic E-state index is 13.9. The van der Waals surface area contributed by atoms with Crippen LogP contribution in [0.15, 0.2) is 43.0 Å². The van der Waals surface area contributed by atoms with Gasteiger partial charge in [-0.05, 0) is 61.4 Å². The molecule has 2 fully saturated rings. The fourth-order valence-corrected chi connectivity index (χ4v) is 5.63. The van der Waals surface area contributed by atoms with Gasteiger partial charge < -0.3 is 19.5 Å². The Labute approximate surface area is 212 Å². The molecule has 0 bridgehead atoms. The van der Waals surface area contributed by atoms with Crippen LogP contribution < -0.4 is 5.32 Å². The number of imidazole rings is 1. The average molecular weight is 490 g/mol. The average Bonchev–Trinajstić information content (AvgIpc) is 3.35. The van der Waals surface area contributed by atoms with Crippen molar-refractivity contribution in [3.8, 4) is 0 Å². The van der Waals surface area contributed by atoms with E-state index in [1.54, 1.807) is 13.4 Å². The molecule has 0 spiro atoms. The lowest BCUT2D eigenvalue weighted by Gasteiger charge is -2.32. The number of anilines is 1. The molecule has 5 rings (SSSR count). The summed E-state index contributed by atoms with van der Waals surface area (Å²) in [6.45, 7) is 2.51. The van der Waals surface area contributed by atoms with Crippen LogP contribution in [0, 0.1) is 5.92 Å². The number of amides is 2. The number of benzene rings is 1. The number of methoxy groups -OCH3 is 1. The van der Waals surface area contributed by atoms with Gasteiger partial charge in [-0.3, -0.25) is 14.6 Å². The summed E-state index contributed by atoms with van der Waals surface area (Å²) in [5.74, 6) is 0.510. The van der Waals surface area contributed by atoms with Gasteiger partial charge >= 0.3 is 0 Å². The van der Waals surface area contributed by atoms with Gasteiger partial charge in [0.15, 0.2) is 0 Å². The summed E-state index contributed by atoms with van der Waals surface area (Å²) in [5, 5.41) is 3.09. The highest BCUT2D eigenvalue weighted by Crippen LogP contribution is 2.31. The lowest BCUT2D eigenvalue weighted by atomic mass is 9.88. The first-order valence-electron chi connectivity index (χ1n) is 13.1. The zero-order valence-corrected chi connectivity index (χ0v) is 21.0. The zero-order valence-electron chi connectivity index (χ0n) is 21.0. The Bertz CT molecular complexity index is 1190. The van der Waals surface area contributed by atoms with Gasteiger partial charge in [0.1, 0.15) is 0 Å². The molecule has 8 heteroatoms. The Hall–Kier alpha value is -3.26.